The lowest BCUT2D eigenvalue weighted by Crippen LogP contribution is -2.45. The molecule has 0 saturated carbocycles. The molecule has 7 heteroatoms. The van der Waals surface area contributed by atoms with Gasteiger partial charge in [0.1, 0.15) is 5.82 Å². The van der Waals surface area contributed by atoms with Crippen LogP contribution in [0.1, 0.15) is 18.4 Å². The minimum absolute atomic E-state index is 0. The molecule has 0 aliphatic carbocycles. The molecule has 1 aromatic carbocycles. The van der Waals surface area contributed by atoms with Crippen molar-refractivity contribution >= 4 is 29.9 Å². The Bertz CT molecular complexity index is 498. The van der Waals surface area contributed by atoms with Crippen LogP contribution in [-0.4, -0.2) is 57.3 Å². The lowest BCUT2D eigenvalue weighted by atomic mass is 10.2. The van der Waals surface area contributed by atoms with Gasteiger partial charge in [0, 0.05) is 39.8 Å². The van der Waals surface area contributed by atoms with Gasteiger partial charge in [0.25, 0.3) is 0 Å². The first-order valence-electron chi connectivity index (χ1n) is 8.15. The van der Waals surface area contributed by atoms with Crippen molar-refractivity contribution in [3.8, 4) is 0 Å². The van der Waals surface area contributed by atoms with E-state index < -0.39 is 0 Å². The van der Waals surface area contributed by atoms with Gasteiger partial charge in [0.15, 0.2) is 5.96 Å². The summed E-state index contributed by atoms with van der Waals surface area (Å²) in [6.07, 6.45) is 2.43. The summed E-state index contributed by atoms with van der Waals surface area (Å²) in [5, 5.41) is 6.64. The standard InChI is InChI=1S/C17H27FN4O.HI/c1-19-17(20-12-14-5-7-15(18)8-6-14)21-13-16-4-3-9-22(16)10-11-23-2;/h5-8,16H,3-4,9-13H2,1-2H3,(H2,19,20,21);1H. The number of halogens is 2. The molecular weight excluding hydrogens is 422 g/mol. The summed E-state index contributed by atoms with van der Waals surface area (Å²) in [6, 6.07) is 7.02. The molecule has 5 nitrogen and oxygen atoms in total. The maximum Gasteiger partial charge on any atom is 0.191 e. The molecule has 1 aliphatic rings. The lowest BCUT2D eigenvalue weighted by molar-refractivity contribution is 0.141. The molecule has 0 spiro atoms. The summed E-state index contributed by atoms with van der Waals surface area (Å²) in [5.74, 6) is 0.557. The molecular formula is C17H28FIN4O. The summed E-state index contributed by atoms with van der Waals surface area (Å²) in [5.41, 5.74) is 1.02. The monoisotopic (exact) mass is 450 g/mol. The van der Waals surface area contributed by atoms with Gasteiger partial charge in [0.2, 0.25) is 0 Å². The maximum absolute atomic E-state index is 12.9. The van der Waals surface area contributed by atoms with Gasteiger partial charge in [-0.15, -0.1) is 24.0 Å². The highest BCUT2D eigenvalue weighted by Gasteiger charge is 2.23. The van der Waals surface area contributed by atoms with Gasteiger partial charge in [-0.3, -0.25) is 9.89 Å². The van der Waals surface area contributed by atoms with Crippen LogP contribution in [0.25, 0.3) is 0 Å². The number of aliphatic imine (C=N–C) groups is 1. The molecule has 1 saturated heterocycles. The van der Waals surface area contributed by atoms with Gasteiger partial charge in [-0.25, -0.2) is 4.39 Å². The zero-order chi connectivity index (χ0) is 16.5. The summed E-state index contributed by atoms with van der Waals surface area (Å²) in [4.78, 5) is 6.71. The van der Waals surface area contributed by atoms with Gasteiger partial charge >= 0.3 is 0 Å². The predicted octanol–water partition coefficient (Wildman–Crippen LogP) is 2.22. The Labute approximate surface area is 161 Å². The van der Waals surface area contributed by atoms with E-state index in [1.165, 1.54) is 25.0 Å². The van der Waals surface area contributed by atoms with E-state index in [4.69, 9.17) is 4.74 Å². The maximum atomic E-state index is 12.9. The second-order valence-electron chi connectivity index (χ2n) is 5.76. The molecule has 1 unspecified atom stereocenters. The minimum Gasteiger partial charge on any atom is -0.383 e. The Hall–Kier alpha value is -0.930. The third-order valence-electron chi connectivity index (χ3n) is 4.18. The molecule has 2 rings (SSSR count). The molecule has 1 heterocycles. The van der Waals surface area contributed by atoms with Crippen molar-refractivity contribution in [1.29, 1.82) is 0 Å². The smallest absolute Gasteiger partial charge is 0.191 e. The van der Waals surface area contributed by atoms with Gasteiger partial charge < -0.3 is 15.4 Å². The van der Waals surface area contributed by atoms with Crippen LogP contribution in [0.2, 0.25) is 0 Å². The molecule has 1 fully saturated rings. The fraction of sp³-hybridized carbons (Fsp3) is 0.588. The summed E-state index contributed by atoms with van der Waals surface area (Å²) >= 11 is 0. The zero-order valence-electron chi connectivity index (χ0n) is 14.4. The number of guanidine groups is 1. The van der Waals surface area contributed by atoms with Crippen LogP contribution in [0, 0.1) is 5.82 Å². The first-order chi connectivity index (χ1) is 11.2. The molecule has 24 heavy (non-hydrogen) atoms. The second kappa shape index (κ2) is 11.6. The Kier molecular flexibility index (Phi) is 10.2. The highest BCUT2D eigenvalue weighted by molar-refractivity contribution is 14.0. The molecule has 1 atom stereocenters. The van der Waals surface area contributed by atoms with E-state index in [1.807, 2.05) is 0 Å². The number of nitrogens with one attached hydrogen (secondary N) is 2. The van der Waals surface area contributed by atoms with Crippen LogP contribution < -0.4 is 10.6 Å². The molecule has 0 aromatic heterocycles. The molecule has 1 aromatic rings. The Morgan fingerprint density at radius 2 is 2.08 bits per heavy atom. The quantitative estimate of drug-likeness (QED) is 0.380. The number of likely N-dealkylation sites (tertiary alicyclic amines) is 1. The van der Waals surface area contributed by atoms with E-state index in [0.717, 1.165) is 37.8 Å². The Morgan fingerprint density at radius 3 is 2.75 bits per heavy atom. The van der Waals surface area contributed by atoms with E-state index in [2.05, 4.69) is 20.5 Å². The van der Waals surface area contributed by atoms with Crippen molar-refractivity contribution in [3.05, 3.63) is 35.6 Å². The highest BCUT2D eigenvalue weighted by Crippen LogP contribution is 2.15. The number of hydrogen-bond donors (Lipinski definition) is 2. The van der Waals surface area contributed by atoms with Crippen LogP contribution in [0.3, 0.4) is 0 Å². The van der Waals surface area contributed by atoms with E-state index in [-0.39, 0.29) is 29.8 Å². The van der Waals surface area contributed by atoms with Crippen LogP contribution in [0.5, 0.6) is 0 Å². The molecule has 2 N–H and O–H groups in total. The summed E-state index contributed by atoms with van der Waals surface area (Å²) in [6.45, 7) is 4.38. The molecule has 1 aliphatic heterocycles. The minimum atomic E-state index is -0.214. The average molecular weight is 450 g/mol. The zero-order valence-corrected chi connectivity index (χ0v) is 16.8. The van der Waals surface area contributed by atoms with Gasteiger partial charge in [-0.1, -0.05) is 12.1 Å². The molecule has 0 bridgehead atoms. The van der Waals surface area contributed by atoms with Crippen molar-refractivity contribution in [2.24, 2.45) is 4.99 Å². The lowest BCUT2D eigenvalue weighted by Gasteiger charge is -2.25. The van der Waals surface area contributed by atoms with E-state index in [1.54, 1.807) is 26.3 Å². The van der Waals surface area contributed by atoms with Crippen molar-refractivity contribution in [2.45, 2.75) is 25.4 Å². The molecule has 0 amide bonds. The summed E-state index contributed by atoms with van der Waals surface area (Å²) in [7, 11) is 3.50. The van der Waals surface area contributed by atoms with E-state index >= 15 is 0 Å². The van der Waals surface area contributed by atoms with Gasteiger partial charge in [0.05, 0.1) is 6.61 Å². The van der Waals surface area contributed by atoms with Crippen molar-refractivity contribution < 1.29 is 9.13 Å². The third kappa shape index (κ3) is 6.90. The SMILES string of the molecule is CN=C(NCc1ccc(F)cc1)NCC1CCCN1CCOC.I. The highest BCUT2D eigenvalue weighted by atomic mass is 127. The number of rotatable bonds is 7. The predicted molar refractivity (Wildman–Crippen MR) is 106 cm³/mol. The topological polar surface area (TPSA) is 48.9 Å². The molecule has 136 valence electrons. The van der Waals surface area contributed by atoms with E-state index in [0.29, 0.717) is 12.6 Å². The van der Waals surface area contributed by atoms with Crippen molar-refractivity contribution in [2.75, 3.05) is 40.4 Å². The number of ether oxygens (including phenoxy) is 1. The fourth-order valence-electron chi connectivity index (χ4n) is 2.85. The van der Waals surface area contributed by atoms with Crippen molar-refractivity contribution in [1.82, 2.24) is 15.5 Å². The fourth-order valence-corrected chi connectivity index (χ4v) is 2.85. The van der Waals surface area contributed by atoms with Crippen LogP contribution >= 0.6 is 24.0 Å². The number of methoxy groups -OCH3 is 1. The number of hydrogen-bond acceptors (Lipinski definition) is 3. The van der Waals surface area contributed by atoms with E-state index in [9.17, 15) is 4.39 Å². The van der Waals surface area contributed by atoms with Gasteiger partial charge in [-0.05, 0) is 37.1 Å². The number of nitrogens with zero attached hydrogens (tertiary/aromatic N) is 2. The largest absolute Gasteiger partial charge is 0.383 e. The van der Waals surface area contributed by atoms with Crippen molar-refractivity contribution in [3.63, 3.8) is 0 Å². The third-order valence-corrected chi connectivity index (χ3v) is 4.18. The van der Waals surface area contributed by atoms with Crippen LogP contribution in [-0.2, 0) is 11.3 Å². The van der Waals surface area contributed by atoms with Crippen LogP contribution in [0.15, 0.2) is 29.3 Å². The second-order valence-corrected chi connectivity index (χ2v) is 5.76. The number of benzene rings is 1. The van der Waals surface area contributed by atoms with Gasteiger partial charge in [-0.2, -0.15) is 0 Å². The Morgan fingerprint density at radius 1 is 1.33 bits per heavy atom. The first-order valence-corrected chi connectivity index (χ1v) is 8.15. The Balaban J connectivity index is 0.00000288. The molecule has 0 radical (unpaired) electrons. The van der Waals surface area contributed by atoms with Crippen LogP contribution in [0.4, 0.5) is 4.39 Å². The summed E-state index contributed by atoms with van der Waals surface area (Å²) < 4.78 is 18.1. The normalized spacial score (nSPS) is 18.3. The average Bonchev–Trinajstić information content (AvgIpc) is 3.02. The first kappa shape index (κ1) is 21.1.